The Bertz CT molecular complexity index is 612. The average molecular weight is 285 g/mol. The molecule has 0 unspecified atom stereocenters. The van der Waals surface area contributed by atoms with E-state index in [1.54, 1.807) is 18.5 Å². The highest BCUT2D eigenvalue weighted by atomic mass is 28.3. The molecule has 104 valence electrons. The Hall–Kier alpha value is -2.01. The first kappa shape index (κ1) is 14.4. The standard InChI is InChI=1S/C15H19N3OSi/c1-11-7-5-8-13(14(11)19-20(3)4)18-12(2)15-16-9-6-10-17-15/h5-10,20H,1-4H3. The number of hydrogen-bond acceptors (Lipinski definition) is 4. The number of para-hydroxylation sites is 1. The first-order valence-electron chi connectivity index (χ1n) is 6.67. The molecule has 1 aromatic carbocycles. The van der Waals surface area contributed by atoms with Crippen molar-refractivity contribution in [2.75, 3.05) is 0 Å². The minimum Gasteiger partial charge on any atom is -0.545 e. The van der Waals surface area contributed by atoms with Gasteiger partial charge in [-0.1, -0.05) is 12.1 Å². The maximum atomic E-state index is 6.00. The van der Waals surface area contributed by atoms with Crippen LogP contribution < -0.4 is 4.43 Å². The molecule has 4 nitrogen and oxygen atoms in total. The molecule has 0 saturated heterocycles. The maximum absolute atomic E-state index is 6.00. The van der Waals surface area contributed by atoms with Crippen LogP contribution in [0.15, 0.2) is 41.7 Å². The van der Waals surface area contributed by atoms with Crippen LogP contribution in [0.3, 0.4) is 0 Å². The van der Waals surface area contributed by atoms with Gasteiger partial charge < -0.3 is 4.43 Å². The SMILES string of the molecule is CC(=Nc1cccc(C)c1O[SiH](C)C)c1ncccn1. The molecule has 2 rings (SSSR count). The van der Waals surface area contributed by atoms with Crippen LogP contribution in [0, 0.1) is 6.92 Å². The molecular formula is C15H19N3OSi. The fourth-order valence-electron chi connectivity index (χ4n) is 1.83. The molecule has 0 spiro atoms. The molecule has 1 aromatic heterocycles. The third kappa shape index (κ3) is 3.51. The molecule has 0 saturated carbocycles. The number of hydrogen-bond donors (Lipinski definition) is 0. The van der Waals surface area contributed by atoms with E-state index in [4.69, 9.17) is 4.43 Å². The van der Waals surface area contributed by atoms with Crippen molar-refractivity contribution in [1.29, 1.82) is 0 Å². The third-order valence-corrected chi connectivity index (χ3v) is 3.43. The molecule has 20 heavy (non-hydrogen) atoms. The molecule has 2 aromatic rings. The third-order valence-electron chi connectivity index (χ3n) is 2.72. The Morgan fingerprint density at radius 2 is 1.85 bits per heavy atom. The van der Waals surface area contributed by atoms with Crippen LogP contribution in [0.1, 0.15) is 18.3 Å². The van der Waals surface area contributed by atoms with Gasteiger partial charge >= 0.3 is 0 Å². The fourth-order valence-corrected chi connectivity index (χ4v) is 2.61. The summed E-state index contributed by atoms with van der Waals surface area (Å²) < 4.78 is 6.00. The van der Waals surface area contributed by atoms with Crippen molar-refractivity contribution >= 4 is 20.4 Å². The van der Waals surface area contributed by atoms with Gasteiger partial charge in [-0.25, -0.2) is 15.0 Å². The van der Waals surface area contributed by atoms with Crippen molar-refractivity contribution in [2.24, 2.45) is 4.99 Å². The number of aliphatic imine (C=N–C) groups is 1. The lowest BCUT2D eigenvalue weighted by molar-refractivity contribution is 0.577. The van der Waals surface area contributed by atoms with Crippen molar-refractivity contribution in [3.05, 3.63) is 48.0 Å². The highest BCUT2D eigenvalue weighted by molar-refractivity contribution is 6.49. The lowest BCUT2D eigenvalue weighted by Gasteiger charge is -2.14. The summed E-state index contributed by atoms with van der Waals surface area (Å²) >= 11 is 0. The molecule has 1 heterocycles. The number of nitrogens with zero attached hydrogens (tertiary/aromatic N) is 3. The van der Waals surface area contributed by atoms with E-state index in [1.165, 1.54) is 0 Å². The van der Waals surface area contributed by atoms with Crippen LogP contribution in [0.4, 0.5) is 5.69 Å². The zero-order valence-corrected chi connectivity index (χ0v) is 13.4. The lowest BCUT2D eigenvalue weighted by Crippen LogP contribution is -2.12. The number of aryl methyl sites for hydroxylation is 1. The van der Waals surface area contributed by atoms with Crippen molar-refractivity contribution < 1.29 is 4.43 Å². The van der Waals surface area contributed by atoms with Gasteiger partial charge in [0, 0.05) is 12.4 Å². The molecule has 5 heteroatoms. The Balaban J connectivity index is 2.40. The summed E-state index contributed by atoms with van der Waals surface area (Å²) in [6.45, 7) is 8.24. The van der Waals surface area contributed by atoms with Gasteiger partial charge in [0.15, 0.2) is 5.82 Å². The summed E-state index contributed by atoms with van der Waals surface area (Å²) in [6, 6.07) is 7.79. The number of benzene rings is 1. The normalized spacial score (nSPS) is 11.8. The monoisotopic (exact) mass is 285 g/mol. The van der Waals surface area contributed by atoms with Gasteiger partial charge in [-0.15, -0.1) is 0 Å². The van der Waals surface area contributed by atoms with Gasteiger partial charge in [-0.05, 0) is 44.6 Å². The van der Waals surface area contributed by atoms with Crippen LogP contribution in [-0.2, 0) is 0 Å². The zero-order valence-electron chi connectivity index (χ0n) is 12.3. The summed E-state index contributed by atoms with van der Waals surface area (Å²) in [5.41, 5.74) is 2.73. The molecule has 0 N–H and O–H groups in total. The van der Waals surface area contributed by atoms with E-state index < -0.39 is 9.04 Å². The topological polar surface area (TPSA) is 47.4 Å². The van der Waals surface area contributed by atoms with E-state index in [0.717, 1.165) is 22.7 Å². The maximum Gasteiger partial charge on any atom is 0.229 e. The Kier molecular flexibility index (Phi) is 4.63. The Morgan fingerprint density at radius 3 is 2.50 bits per heavy atom. The molecule has 0 fully saturated rings. The van der Waals surface area contributed by atoms with E-state index in [0.29, 0.717) is 5.82 Å². The van der Waals surface area contributed by atoms with Crippen molar-refractivity contribution in [1.82, 2.24) is 9.97 Å². The van der Waals surface area contributed by atoms with E-state index in [9.17, 15) is 0 Å². The van der Waals surface area contributed by atoms with Gasteiger partial charge in [0.1, 0.15) is 11.4 Å². The van der Waals surface area contributed by atoms with E-state index >= 15 is 0 Å². The molecule has 0 aliphatic heterocycles. The molecular weight excluding hydrogens is 266 g/mol. The van der Waals surface area contributed by atoms with Crippen LogP contribution in [0.25, 0.3) is 0 Å². The van der Waals surface area contributed by atoms with Crippen LogP contribution >= 0.6 is 0 Å². The lowest BCUT2D eigenvalue weighted by atomic mass is 10.2. The second kappa shape index (κ2) is 6.43. The van der Waals surface area contributed by atoms with Crippen molar-refractivity contribution in [3.8, 4) is 5.75 Å². The Morgan fingerprint density at radius 1 is 1.15 bits per heavy atom. The highest BCUT2D eigenvalue weighted by Crippen LogP contribution is 2.31. The Labute approximate surface area is 121 Å². The van der Waals surface area contributed by atoms with Gasteiger partial charge in [0.05, 0.1) is 5.71 Å². The molecule has 0 radical (unpaired) electrons. The summed E-state index contributed by atoms with van der Waals surface area (Å²) in [5.74, 6) is 1.52. The van der Waals surface area contributed by atoms with Gasteiger partial charge in [-0.2, -0.15) is 0 Å². The fraction of sp³-hybridized carbons (Fsp3) is 0.267. The van der Waals surface area contributed by atoms with E-state index in [1.807, 2.05) is 32.0 Å². The number of rotatable bonds is 4. The molecule has 0 aliphatic carbocycles. The summed E-state index contributed by atoms with van der Waals surface area (Å²) in [4.78, 5) is 13.1. The van der Waals surface area contributed by atoms with E-state index in [-0.39, 0.29) is 0 Å². The summed E-state index contributed by atoms with van der Waals surface area (Å²) in [6.07, 6.45) is 3.44. The van der Waals surface area contributed by atoms with E-state index in [2.05, 4.69) is 28.1 Å². The van der Waals surface area contributed by atoms with Gasteiger partial charge in [-0.3, -0.25) is 0 Å². The number of aromatic nitrogens is 2. The first-order valence-corrected chi connectivity index (χ1v) is 9.45. The predicted octanol–water partition coefficient (Wildman–Crippen LogP) is 3.29. The minimum atomic E-state index is -1.17. The summed E-state index contributed by atoms with van der Waals surface area (Å²) in [7, 11) is -1.17. The highest BCUT2D eigenvalue weighted by Gasteiger charge is 2.10. The van der Waals surface area contributed by atoms with Crippen LogP contribution in [-0.4, -0.2) is 24.7 Å². The van der Waals surface area contributed by atoms with Crippen LogP contribution in [0.2, 0.25) is 13.1 Å². The smallest absolute Gasteiger partial charge is 0.229 e. The summed E-state index contributed by atoms with van der Waals surface area (Å²) in [5, 5.41) is 0. The average Bonchev–Trinajstić information content (AvgIpc) is 2.43. The molecule has 0 amide bonds. The minimum absolute atomic E-state index is 0.641. The molecule has 0 atom stereocenters. The van der Waals surface area contributed by atoms with Gasteiger partial charge in [0.2, 0.25) is 9.04 Å². The van der Waals surface area contributed by atoms with Crippen molar-refractivity contribution in [3.63, 3.8) is 0 Å². The van der Waals surface area contributed by atoms with Crippen LogP contribution in [0.5, 0.6) is 5.75 Å². The quantitative estimate of drug-likeness (QED) is 0.639. The predicted molar refractivity (Wildman–Crippen MR) is 84.6 cm³/mol. The molecule has 0 bridgehead atoms. The molecule has 0 aliphatic rings. The van der Waals surface area contributed by atoms with Crippen molar-refractivity contribution in [2.45, 2.75) is 26.9 Å². The first-order chi connectivity index (χ1) is 9.58. The zero-order chi connectivity index (χ0) is 14.5. The largest absolute Gasteiger partial charge is 0.545 e. The van der Waals surface area contributed by atoms with Gasteiger partial charge in [0.25, 0.3) is 0 Å². The second-order valence-electron chi connectivity index (χ2n) is 4.86. The second-order valence-corrected chi connectivity index (χ2v) is 7.19.